The van der Waals surface area contributed by atoms with E-state index in [1.54, 1.807) is 30.5 Å². The summed E-state index contributed by atoms with van der Waals surface area (Å²) in [6.07, 6.45) is 4.85. The van der Waals surface area contributed by atoms with Gasteiger partial charge in [-0.25, -0.2) is 18.1 Å². The molecule has 0 radical (unpaired) electrons. The van der Waals surface area contributed by atoms with E-state index in [9.17, 15) is 8.42 Å². The van der Waals surface area contributed by atoms with Gasteiger partial charge in [-0.1, -0.05) is 30.3 Å². The Morgan fingerprint density at radius 2 is 1.80 bits per heavy atom. The first-order valence-corrected chi connectivity index (χ1v) is 13.0. The van der Waals surface area contributed by atoms with Crippen molar-refractivity contribution in [3.8, 4) is 17.1 Å². The molecule has 2 aliphatic rings. The third-order valence-electron chi connectivity index (χ3n) is 6.83. The van der Waals surface area contributed by atoms with Gasteiger partial charge in [0.15, 0.2) is 0 Å². The van der Waals surface area contributed by atoms with E-state index in [0.717, 1.165) is 39.8 Å². The van der Waals surface area contributed by atoms with Crippen molar-refractivity contribution in [1.29, 1.82) is 0 Å². The van der Waals surface area contributed by atoms with Crippen LogP contribution in [0.15, 0.2) is 71.9 Å². The lowest BCUT2D eigenvalue weighted by molar-refractivity contribution is 0.166. The van der Waals surface area contributed by atoms with Gasteiger partial charge >= 0.3 is 0 Å². The van der Waals surface area contributed by atoms with Crippen molar-refractivity contribution >= 4 is 16.0 Å². The van der Waals surface area contributed by atoms with E-state index in [4.69, 9.17) is 4.74 Å². The predicted molar refractivity (Wildman–Crippen MR) is 133 cm³/mol. The molecule has 35 heavy (non-hydrogen) atoms. The highest BCUT2D eigenvalue weighted by molar-refractivity contribution is 7.92. The third kappa shape index (κ3) is 3.93. The lowest BCUT2D eigenvalue weighted by Crippen LogP contribution is -2.23. The van der Waals surface area contributed by atoms with Crippen LogP contribution in [0.2, 0.25) is 0 Å². The molecule has 6 bridgehead atoms. The van der Waals surface area contributed by atoms with Crippen LogP contribution in [0.25, 0.3) is 11.3 Å². The largest absolute Gasteiger partial charge is 0.469 e. The average molecular weight is 485 g/mol. The zero-order valence-electron chi connectivity index (χ0n) is 19.4. The monoisotopic (exact) mass is 484 g/mol. The molecular weight excluding hydrogens is 460 g/mol. The normalized spacial score (nSPS) is 19.8. The van der Waals surface area contributed by atoms with E-state index >= 15 is 0 Å². The van der Waals surface area contributed by atoms with Crippen molar-refractivity contribution < 1.29 is 13.2 Å². The van der Waals surface area contributed by atoms with Crippen molar-refractivity contribution in [3.63, 3.8) is 0 Å². The Hall–Kier alpha value is -3.78. The van der Waals surface area contributed by atoms with E-state index in [1.807, 2.05) is 50.4 Å². The van der Waals surface area contributed by atoms with Gasteiger partial charge in [0.25, 0.3) is 10.0 Å². The van der Waals surface area contributed by atoms with Crippen LogP contribution in [-0.4, -0.2) is 23.4 Å². The number of fused-ring (bicyclic) bond motifs is 9. The third-order valence-corrected chi connectivity index (χ3v) is 8.15. The van der Waals surface area contributed by atoms with Gasteiger partial charge in [0.2, 0.25) is 11.8 Å². The molecule has 6 rings (SSSR count). The van der Waals surface area contributed by atoms with Crippen molar-refractivity contribution in [2.75, 3.05) is 4.72 Å². The lowest BCUT2D eigenvalue weighted by Gasteiger charge is -2.32. The van der Waals surface area contributed by atoms with E-state index < -0.39 is 10.0 Å². The van der Waals surface area contributed by atoms with Gasteiger partial charge in [0.05, 0.1) is 10.6 Å². The van der Waals surface area contributed by atoms with Gasteiger partial charge < -0.3 is 4.74 Å². The molecule has 1 aliphatic heterocycles. The molecule has 2 aromatic carbocycles. The SMILES string of the molecule is Cc1cccc(C)c1-c1cc2nc(n1)NS(=O)(=O)c1cccc(c1)C1Cc3ccncc3C(C1)O2. The zero-order valence-corrected chi connectivity index (χ0v) is 20.2. The summed E-state index contributed by atoms with van der Waals surface area (Å²) in [5, 5.41) is 0. The van der Waals surface area contributed by atoms with Crippen LogP contribution in [0.1, 0.15) is 46.3 Å². The number of sulfonamides is 1. The number of nitrogens with one attached hydrogen (secondary N) is 1. The van der Waals surface area contributed by atoms with E-state index in [1.165, 1.54) is 0 Å². The molecule has 0 amide bonds. The Morgan fingerprint density at radius 1 is 1.00 bits per heavy atom. The van der Waals surface area contributed by atoms with Crippen LogP contribution in [0.3, 0.4) is 0 Å². The second-order valence-electron chi connectivity index (χ2n) is 9.18. The number of pyridine rings is 1. The first-order chi connectivity index (χ1) is 16.9. The second kappa shape index (κ2) is 8.16. The fourth-order valence-electron chi connectivity index (χ4n) is 5.15. The van der Waals surface area contributed by atoms with Crippen LogP contribution in [0.4, 0.5) is 5.95 Å². The maximum atomic E-state index is 13.3. The molecular formula is C27H24N4O3S. The number of aromatic nitrogens is 3. The van der Waals surface area contributed by atoms with Crippen LogP contribution in [0, 0.1) is 13.8 Å². The van der Waals surface area contributed by atoms with Crippen molar-refractivity contribution in [2.45, 2.75) is 43.6 Å². The van der Waals surface area contributed by atoms with Crippen molar-refractivity contribution in [1.82, 2.24) is 15.0 Å². The molecule has 0 saturated heterocycles. The molecule has 4 aromatic rings. The van der Waals surface area contributed by atoms with Crippen LogP contribution < -0.4 is 9.46 Å². The van der Waals surface area contributed by atoms with Gasteiger partial charge in [-0.2, -0.15) is 4.98 Å². The average Bonchev–Trinajstić information content (AvgIpc) is 2.83. The highest BCUT2D eigenvalue weighted by atomic mass is 32.2. The summed E-state index contributed by atoms with van der Waals surface area (Å²) in [6.45, 7) is 4.01. The maximum absolute atomic E-state index is 13.3. The molecule has 0 spiro atoms. The number of anilines is 1. The summed E-state index contributed by atoms with van der Waals surface area (Å²) in [4.78, 5) is 13.6. The molecule has 176 valence electrons. The Labute approximate surface area is 204 Å². The molecule has 8 heteroatoms. The standard InChI is InChI=1S/C27H24N4O3S/c1-16-5-3-6-17(2)26(16)23-14-25-30-27(29-23)31-35(32,33)21-8-4-7-18(12-21)20-11-19-9-10-28-15-22(19)24(13-20)34-25/h3-10,12,14-15,20,24H,11,13H2,1-2H3,(H,29,30,31). The molecule has 0 saturated carbocycles. The molecule has 2 atom stereocenters. The topological polar surface area (TPSA) is 94.1 Å². The molecule has 7 nitrogen and oxygen atoms in total. The fraction of sp³-hybridized carbons (Fsp3) is 0.222. The maximum Gasteiger partial charge on any atom is 0.264 e. The van der Waals surface area contributed by atoms with Gasteiger partial charge in [0.1, 0.15) is 6.10 Å². The Morgan fingerprint density at radius 3 is 2.63 bits per heavy atom. The van der Waals surface area contributed by atoms with E-state index in [2.05, 4.69) is 19.7 Å². The first-order valence-electron chi connectivity index (χ1n) is 11.6. The summed E-state index contributed by atoms with van der Waals surface area (Å²) >= 11 is 0. The molecule has 2 aromatic heterocycles. The minimum absolute atomic E-state index is 0.0232. The van der Waals surface area contributed by atoms with Gasteiger partial charge in [0, 0.05) is 29.6 Å². The van der Waals surface area contributed by atoms with Crippen LogP contribution in [0.5, 0.6) is 5.88 Å². The quantitative estimate of drug-likeness (QED) is 0.403. The van der Waals surface area contributed by atoms with Crippen molar-refractivity contribution in [2.24, 2.45) is 0 Å². The van der Waals surface area contributed by atoms with Crippen LogP contribution >= 0.6 is 0 Å². The fourth-order valence-corrected chi connectivity index (χ4v) is 6.15. The summed E-state index contributed by atoms with van der Waals surface area (Å²) in [5.74, 6) is 0.397. The smallest absolute Gasteiger partial charge is 0.264 e. The lowest BCUT2D eigenvalue weighted by atomic mass is 9.79. The number of hydrogen-bond donors (Lipinski definition) is 1. The minimum Gasteiger partial charge on any atom is -0.469 e. The Kier molecular flexibility index (Phi) is 5.07. The van der Waals surface area contributed by atoms with E-state index in [-0.39, 0.29) is 22.9 Å². The number of ether oxygens (including phenoxy) is 1. The highest BCUT2D eigenvalue weighted by Crippen LogP contribution is 2.42. The predicted octanol–water partition coefficient (Wildman–Crippen LogP) is 5.12. The number of hydrogen-bond acceptors (Lipinski definition) is 6. The number of rotatable bonds is 1. The van der Waals surface area contributed by atoms with Gasteiger partial charge in [-0.15, -0.1) is 0 Å². The Bertz CT molecular complexity index is 1550. The van der Waals surface area contributed by atoms with E-state index in [0.29, 0.717) is 18.0 Å². The summed E-state index contributed by atoms with van der Waals surface area (Å²) in [5.41, 5.74) is 6.74. The highest BCUT2D eigenvalue weighted by Gasteiger charge is 2.32. The van der Waals surface area contributed by atoms with Gasteiger partial charge in [-0.3, -0.25) is 4.98 Å². The number of aryl methyl sites for hydroxylation is 2. The molecule has 3 heterocycles. The van der Waals surface area contributed by atoms with Crippen LogP contribution in [-0.2, 0) is 16.4 Å². The Balaban J connectivity index is 1.57. The number of nitrogens with zero attached hydrogens (tertiary/aromatic N) is 3. The van der Waals surface area contributed by atoms with Gasteiger partial charge in [-0.05, 0) is 73.1 Å². The minimum atomic E-state index is -3.89. The summed E-state index contributed by atoms with van der Waals surface area (Å²) in [6, 6.07) is 16.9. The zero-order chi connectivity index (χ0) is 24.2. The molecule has 0 fully saturated rings. The number of benzene rings is 2. The first kappa shape index (κ1) is 21.7. The summed E-state index contributed by atoms with van der Waals surface area (Å²) in [7, 11) is -3.89. The molecule has 1 aliphatic carbocycles. The van der Waals surface area contributed by atoms with Crippen molar-refractivity contribution in [3.05, 3.63) is 94.8 Å². The molecule has 1 N–H and O–H groups in total. The summed E-state index contributed by atoms with van der Waals surface area (Å²) < 4.78 is 35.7. The molecule has 2 unspecified atom stereocenters. The second-order valence-corrected chi connectivity index (χ2v) is 10.9.